The molecule has 0 spiro atoms. The number of aliphatic carboxylic acids is 1. The zero-order valence-electron chi connectivity index (χ0n) is 13.9. The van der Waals surface area contributed by atoms with Gasteiger partial charge in [-0.25, -0.2) is 0 Å². The summed E-state index contributed by atoms with van der Waals surface area (Å²) in [6.07, 6.45) is 1.42. The Bertz CT molecular complexity index is 721. The largest absolute Gasteiger partial charge is 0.480 e. The van der Waals surface area contributed by atoms with Crippen molar-refractivity contribution in [1.82, 2.24) is 9.80 Å². The van der Waals surface area contributed by atoms with Crippen molar-refractivity contribution in [2.45, 2.75) is 31.8 Å². The minimum Gasteiger partial charge on any atom is -0.480 e. The number of rotatable bonds is 5. The third kappa shape index (κ3) is 3.14. The van der Waals surface area contributed by atoms with Crippen molar-refractivity contribution < 1.29 is 19.1 Å². The summed E-state index contributed by atoms with van der Waals surface area (Å²) in [7, 11) is 1.73. The van der Waals surface area contributed by atoms with Crippen LogP contribution >= 0.6 is 0 Å². The minimum atomic E-state index is -0.853. The van der Waals surface area contributed by atoms with Gasteiger partial charge in [0.25, 0.3) is 0 Å². The predicted molar refractivity (Wildman–Crippen MR) is 89.6 cm³/mol. The van der Waals surface area contributed by atoms with Crippen LogP contribution < -0.4 is 0 Å². The van der Waals surface area contributed by atoms with Crippen LogP contribution in [0.2, 0.25) is 0 Å². The van der Waals surface area contributed by atoms with Crippen LogP contribution in [-0.2, 0) is 9.59 Å². The quantitative estimate of drug-likeness (QED) is 0.912. The van der Waals surface area contributed by atoms with Gasteiger partial charge in [0, 0.05) is 12.4 Å². The monoisotopic (exact) mass is 330 g/mol. The number of carbonyl (C=O) groups is 2. The summed E-state index contributed by atoms with van der Waals surface area (Å²) < 4.78 is 5.83. The Balaban J connectivity index is 1.69. The van der Waals surface area contributed by atoms with Crippen molar-refractivity contribution in [2.24, 2.45) is 0 Å². The van der Waals surface area contributed by atoms with Crippen molar-refractivity contribution in [2.75, 3.05) is 20.1 Å². The van der Waals surface area contributed by atoms with Crippen LogP contribution in [0.4, 0.5) is 0 Å². The average Bonchev–Trinajstić information content (AvgIpc) is 3.19. The molecule has 0 bridgehead atoms. The fourth-order valence-corrected chi connectivity index (χ4v) is 3.20. The highest BCUT2D eigenvalue weighted by Gasteiger charge is 2.33. The lowest BCUT2D eigenvalue weighted by Gasteiger charge is -2.27. The molecule has 1 aromatic carbocycles. The molecule has 1 N–H and O–H groups in total. The first-order chi connectivity index (χ1) is 11.5. The molecule has 1 fully saturated rings. The van der Waals surface area contributed by atoms with Gasteiger partial charge in [-0.05, 0) is 38.4 Å². The number of fused-ring (bicyclic) bond motifs is 1. The number of carboxylic acids is 1. The van der Waals surface area contributed by atoms with E-state index in [0.717, 1.165) is 23.2 Å². The predicted octanol–water partition coefficient (Wildman–Crippen LogP) is 2.50. The van der Waals surface area contributed by atoms with Gasteiger partial charge in [-0.1, -0.05) is 18.2 Å². The fourth-order valence-electron chi connectivity index (χ4n) is 3.20. The molecule has 3 rings (SSSR count). The Labute approximate surface area is 140 Å². The molecule has 24 heavy (non-hydrogen) atoms. The Morgan fingerprint density at radius 3 is 2.88 bits per heavy atom. The molecule has 128 valence electrons. The number of carbonyl (C=O) groups excluding carboxylic acids is 1. The molecular weight excluding hydrogens is 308 g/mol. The van der Waals surface area contributed by atoms with Crippen molar-refractivity contribution >= 4 is 22.8 Å². The van der Waals surface area contributed by atoms with Gasteiger partial charge >= 0.3 is 5.97 Å². The lowest BCUT2D eigenvalue weighted by molar-refractivity contribution is -0.143. The van der Waals surface area contributed by atoms with Gasteiger partial charge in [-0.3, -0.25) is 14.5 Å². The number of carboxylic acid groups (broad SMARTS) is 1. The lowest BCUT2D eigenvalue weighted by Crippen LogP contribution is -2.44. The fraction of sp³-hybridized carbons (Fsp3) is 0.444. The number of benzene rings is 1. The molecule has 2 heterocycles. The van der Waals surface area contributed by atoms with Gasteiger partial charge in [-0.15, -0.1) is 0 Å². The Hall–Kier alpha value is -2.34. The van der Waals surface area contributed by atoms with Crippen LogP contribution in [0.5, 0.6) is 0 Å². The highest BCUT2D eigenvalue weighted by Crippen LogP contribution is 2.27. The van der Waals surface area contributed by atoms with Crippen molar-refractivity contribution in [3.05, 3.63) is 36.1 Å². The number of likely N-dealkylation sites (N-methyl/N-ethyl adjacent to an activating group) is 1. The first-order valence-electron chi connectivity index (χ1n) is 8.18. The number of nitrogens with zero attached hydrogens (tertiary/aromatic N) is 2. The maximum atomic E-state index is 12.5. The van der Waals surface area contributed by atoms with E-state index in [0.29, 0.717) is 13.0 Å². The third-order valence-corrected chi connectivity index (χ3v) is 4.82. The summed E-state index contributed by atoms with van der Waals surface area (Å²) >= 11 is 0. The summed E-state index contributed by atoms with van der Waals surface area (Å²) in [5.74, 6) is -0.229. The third-order valence-electron chi connectivity index (χ3n) is 4.82. The maximum absolute atomic E-state index is 12.5. The van der Waals surface area contributed by atoms with Crippen LogP contribution in [0.15, 0.2) is 34.7 Å². The molecular formula is C18H22N2O4. The van der Waals surface area contributed by atoms with E-state index >= 15 is 0 Å². The molecule has 1 aromatic heterocycles. The lowest BCUT2D eigenvalue weighted by atomic mass is 10.2. The van der Waals surface area contributed by atoms with Gasteiger partial charge in [-0.2, -0.15) is 0 Å². The molecule has 2 atom stereocenters. The summed E-state index contributed by atoms with van der Waals surface area (Å²) in [4.78, 5) is 27.1. The van der Waals surface area contributed by atoms with Crippen LogP contribution in [0.25, 0.3) is 11.0 Å². The smallest absolute Gasteiger partial charge is 0.320 e. The molecule has 1 aliphatic rings. The number of likely N-dealkylation sites (tertiary alicyclic amines) is 1. The van der Waals surface area contributed by atoms with Crippen LogP contribution in [-0.4, -0.2) is 53.0 Å². The van der Waals surface area contributed by atoms with Crippen LogP contribution in [0.1, 0.15) is 31.6 Å². The second-order valence-corrected chi connectivity index (χ2v) is 6.33. The average molecular weight is 330 g/mol. The Kier molecular flexibility index (Phi) is 4.57. The topological polar surface area (TPSA) is 74.0 Å². The SMILES string of the molecule is CC(c1cc2ccccc2o1)N(C)C(=O)CN1CCC[C@@H]1C(=O)O. The highest BCUT2D eigenvalue weighted by molar-refractivity contribution is 5.81. The molecule has 1 amide bonds. The highest BCUT2D eigenvalue weighted by atomic mass is 16.4. The normalized spacial score (nSPS) is 19.5. The molecule has 1 saturated heterocycles. The van der Waals surface area contributed by atoms with Gasteiger partial charge in [0.15, 0.2) is 0 Å². The molecule has 1 aliphatic heterocycles. The van der Waals surface area contributed by atoms with E-state index in [2.05, 4.69) is 0 Å². The summed E-state index contributed by atoms with van der Waals surface area (Å²) in [6.45, 7) is 2.68. The van der Waals surface area contributed by atoms with Crippen molar-refractivity contribution in [1.29, 1.82) is 0 Å². The molecule has 6 heteroatoms. The van der Waals surface area contributed by atoms with E-state index in [4.69, 9.17) is 4.42 Å². The standard InChI is InChI=1S/C18H22N2O4/c1-12(16-10-13-6-3-4-8-15(13)24-16)19(2)17(21)11-20-9-5-7-14(20)18(22)23/h3-4,6,8,10,12,14H,5,7,9,11H2,1-2H3,(H,22,23)/t12?,14-/m1/s1. The van der Waals surface area contributed by atoms with Gasteiger partial charge in [0.2, 0.25) is 5.91 Å². The zero-order valence-corrected chi connectivity index (χ0v) is 13.9. The maximum Gasteiger partial charge on any atom is 0.320 e. The Morgan fingerprint density at radius 2 is 2.17 bits per heavy atom. The molecule has 1 unspecified atom stereocenters. The molecule has 6 nitrogen and oxygen atoms in total. The number of amides is 1. The van der Waals surface area contributed by atoms with Crippen molar-refractivity contribution in [3.63, 3.8) is 0 Å². The molecule has 0 aliphatic carbocycles. The van der Waals surface area contributed by atoms with E-state index in [1.165, 1.54) is 0 Å². The minimum absolute atomic E-state index is 0.101. The summed E-state index contributed by atoms with van der Waals surface area (Å²) in [5.41, 5.74) is 0.797. The zero-order chi connectivity index (χ0) is 17.3. The first-order valence-corrected chi connectivity index (χ1v) is 8.18. The first kappa shape index (κ1) is 16.5. The van der Waals surface area contributed by atoms with Crippen LogP contribution in [0, 0.1) is 0 Å². The summed E-state index contributed by atoms with van der Waals surface area (Å²) in [6, 6.07) is 8.90. The van der Waals surface area contributed by atoms with E-state index < -0.39 is 12.0 Å². The van der Waals surface area contributed by atoms with Gasteiger partial charge in [0.1, 0.15) is 17.4 Å². The van der Waals surface area contributed by atoms with E-state index in [1.54, 1.807) is 16.8 Å². The van der Waals surface area contributed by atoms with Gasteiger partial charge < -0.3 is 14.4 Å². The number of hydrogen-bond acceptors (Lipinski definition) is 4. The van der Waals surface area contributed by atoms with Crippen molar-refractivity contribution in [3.8, 4) is 0 Å². The van der Waals surface area contributed by atoms with Gasteiger partial charge in [0.05, 0.1) is 12.6 Å². The van der Waals surface area contributed by atoms with E-state index in [1.807, 2.05) is 37.3 Å². The van der Waals surface area contributed by atoms with Crippen LogP contribution in [0.3, 0.4) is 0 Å². The van der Waals surface area contributed by atoms with E-state index in [9.17, 15) is 14.7 Å². The molecule has 2 aromatic rings. The second-order valence-electron chi connectivity index (χ2n) is 6.33. The second kappa shape index (κ2) is 6.65. The Morgan fingerprint density at radius 1 is 1.42 bits per heavy atom. The molecule has 0 saturated carbocycles. The van der Waals surface area contributed by atoms with E-state index in [-0.39, 0.29) is 18.5 Å². The number of furan rings is 1. The number of hydrogen-bond donors (Lipinski definition) is 1. The number of para-hydroxylation sites is 1. The molecule has 0 radical (unpaired) electrons. The summed E-state index contributed by atoms with van der Waals surface area (Å²) in [5, 5.41) is 10.2.